The second-order valence-corrected chi connectivity index (χ2v) is 21.5. The second kappa shape index (κ2) is 16.2. The molecule has 0 radical (unpaired) electrons. The summed E-state index contributed by atoms with van der Waals surface area (Å²) >= 11 is 0. The topological polar surface area (TPSA) is 29.5 Å². The van der Waals surface area contributed by atoms with E-state index in [2.05, 4.69) is 269 Å². The van der Waals surface area contributed by atoms with E-state index in [-0.39, 0.29) is 12.3 Å². The van der Waals surface area contributed by atoms with Crippen LogP contribution in [0.1, 0.15) is 57.3 Å². The van der Waals surface area contributed by atoms with E-state index >= 15 is 0 Å². The van der Waals surface area contributed by atoms with Crippen molar-refractivity contribution in [3.8, 4) is 66.8 Å². The van der Waals surface area contributed by atoms with E-state index in [0.717, 1.165) is 83.5 Å². The largest absolute Gasteiger partial charge is 0.455 e. The third-order valence-corrected chi connectivity index (χ3v) is 16.6. The first-order valence-electron chi connectivity index (χ1n) is 28.2. The Morgan fingerprint density at radius 1 is 0.333 bits per heavy atom. The third kappa shape index (κ3) is 6.41. The molecule has 2 aliphatic rings. The van der Waals surface area contributed by atoms with Gasteiger partial charge in [0.2, 0.25) is 0 Å². The Labute approximate surface area is 444 Å². The molecule has 0 unspecified atom stereocenters. The van der Waals surface area contributed by atoms with Crippen LogP contribution in [0.15, 0.2) is 245 Å². The van der Waals surface area contributed by atoms with Crippen molar-refractivity contribution in [2.75, 3.05) is 4.90 Å². The molecule has 0 N–H and O–H groups in total. The first-order chi connectivity index (χ1) is 38.7. The van der Waals surface area contributed by atoms with Gasteiger partial charge in [0.05, 0.1) is 5.69 Å². The van der Waals surface area contributed by atoms with Crippen LogP contribution in [0.25, 0.3) is 111 Å². The van der Waals surface area contributed by atoms with Crippen molar-refractivity contribution in [3.63, 3.8) is 0 Å². The number of hydrogen-bond acceptors (Lipinski definition) is 3. The molecule has 0 fully saturated rings. The van der Waals surface area contributed by atoms with Gasteiger partial charge in [-0.2, -0.15) is 0 Å². The Balaban J connectivity index is 0.00000125. The molecule has 3 heteroatoms. The number of hydrogen-bond donors (Lipinski definition) is 0. The molecule has 0 saturated carbocycles. The maximum atomic E-state index is 6.85. The predicted molar refractivity (Wildman–Crippen MR) is 319 cm³/mol. The van der Waals surface area contributed by atoms with Gasteiger partial charge < -0.3 is 13.7 Å². The first-order valence-corrected chi connectivity index (χ1v) is 26.2. The van der Waals surface area contributed by atoms with E-state index in [1.807, 2.05) is 0 Å². The molecule has 0 atom stereocenters. The van der Waals surface area contributed by atoms with Crippen molar-refractivity contribution < 1.29 is 16.2 Å². The molecule has 3 nitrogen and oxygen atoms in total. The number of fused-ring (bicyclic) bond motifs is 14. The fourth-order valence-electron chi connectivity index (χ4n) is 12.9. The molecule has 0 aliphatic heterocycles. The van der Waals surface area contributed by atoms with Crippen LogP contribution in [0.5, 0.6) is 0 Å². The Hall–Kier alpha value is -9.18. The van der Waals surface area contributed by atoms with Crippen LogP contribution >= 0.6 is 0 Å². The van der Waals surface area contributed by atoms with E-state index in [1.165, 1.54) is 66.4 Å². The summed E-state index contributed by atoms with van der Waals surface area (Å²) in [5.74, 6) is 0. The van der Waals surface area contributed by atoms with Crippen molar-refractivity contribution in [3.05, 3.63) is 259 Å². The number of rotatable bonds is 7. The van der Waals surface area contributed by atoms with Crippen LogP contribution in [0, 0.1) is 0 Å². The van der Waals surface area contributed by atoms with Gasteiger partial charge in [-0.05, 0) is 133 Å². The van der Waals surface area contributed by atoms with E-state index < -0.39 is 0 Å². The Morgan fingerprint density at radius 2 is 0.733 bits per heavy atom. The molecule has 15 rings (SSSR count). The lowest BCUT2D eigenvalue weighted by atomic mass is 9.80. The van der Waals surface area contributed by atoms with E-state index in [0.29, 0.717) is 0 Å². The molecule has 2 aliphatic carbocycles. The lowest BCUT2D eigenvalue weighted by Gasteiger charge is -2.31. The number of para-hydroxylation sites is 2. The molecular weight excluding hydrogens is 911 g/mol. The minimum atomic E-state index is -0.349. The quantitative estimate of drug-likeness (QED) is 0.159. The molecule has 362 valence electrons. The van der Waals surface area contributed by atoms with Gasteiger partial charge in [0.15, 0.2) is 0 Å². The molecule has 0 amide bonds. The van der Waals surface area contributed by atoms with E-state index in [4.69, 9.17) is 14.8 Å². The van der Waals surface area contributed by atoms with Crippen molar-refractivity contribution in [2.45, 2.75) is 38.5 Å². The molecule has 2 heterocycles. The highest BCUT2D eigenvalue weighted by atomic mass is 16.3. The van der Waals surface area contributed by atoms with Gasteiger partial charge in [-0.1, -0.05) is 204 Å². The third-order valence-electron chi connectivity index (χ3n) is 16.6. The lowest BCUT2D eigenvalue weighted by molar-refractivity contribution is 0.657. The highest BCUT2D eigenvalue weighted by Gasteiger charge is 2.41. The SMILES string of the molecule is CC1(C)c2cc(N(c3ccc4c(c3)C(C)(C)c3cc(-c5ccccc5)c5oc6ccccc6c5c3-4)c3ccc(-c4ccccc4)cc3-c3ccccc3)ccc2-c2c1cc(-c1ccccc1)c1oc3ccccc3c21.[2HH].[2H][2H].[2H][2H]. The van der Waals surface area contributed by atoms with E-state index in [1.54, 1.807) is 0 Å². The van der Waals surface area contributed by atoms with Crippen LogP contribution < -0.4 is 4.90 Å². The summed E-state index contributed by atoms with van der Waals surface area (Å²) in [7, 11) is 0. The van der Waals surface area contributed by atoms with Gasteiger partial charge >= 0.3 is 0 Å². The van der Waals surface area contributed by atoms with E-state index in [9.17, 15) is 0 Å². The van der Waals surface area contributed by atoms with Crippen molar-refractivity contribution in [1.29, 1.82) is 0 Å². The summed E-state index contributed by atoms with van der Waals surface area (Å²) in [5.41, 5.74) is 25.7. The van der Waals surface area contributed by atoms with Crippen molar-refractivity contribution in [1.82, 2.24) is 0 Å². The Morgan fingerprint density at radius 3 is 1.19 bits per heavy atom. The standard InChI is InChI=1S/C72H51NO2.3H2/c1-71(2)58-40-49(34-36-51(58)65-60(71)42-56(46-25-13-7-14-26-46)69-67(65)53-29-17-19-31-63(53)74-69)73(62-38-33-48(44-21-9-5-10-22-44)39-55(62)45-23-11-6-12-24-45)50-35-37-52-59(41-50)72(3,4)61-43-57(47-27-15-8-16-28-47)70-68(66(52)61)54-30-18-20-32-64(54)75-70;;;/h5-43H,1-4H3;3*1H/i;2*1+1D;1+1. The minimum Gasteiger partial charge on any atom is -0.455 e. The minimum absolute atomic E-state index is 0. The molecule has 2 aromatic heterocycles. The zero-order valence-electron chi connectivity index (χ0n) is 46.3. The van der Waals surface area contributed by atoms with Gasteiger partial charge in [-0.15, -0.1) is 0 Å². The summed E-state index contributed by atoms with van der Waals surface area (Å²) in [6.45, 7) is 9.60. The average molecular weight is 973 g/mol. The normalized spacial score (nSPS) is 14.0. The number of furan rings is 2. The smallest absolute Gasteiger partial charge is 0.143 e. The zero-order chi connectivity index (χ0) is 54.2. The maximum absolute atomic E-state index is 6.85. The fourth-order valence-corrected chi connectivity index (χ4v) is 12.9. The number of nitrogens with zero attached hydrogens (tertiary/aromatic N) is 1. The van der Waals surface area contributed by atoms with Crippen LogP contribution in [-0.2, 0) is 10.8 Å². The van der Waals surface area contributed by atoms with Gasteiger partial charge in [-0.3, -0.25) is 0 Å². The van der Waals surface area contributed by atoms with Crippen molar-refractivity contribution in [2.24, 2.45) is 0 Å². The van der Waals surface area contributed by atoms with Gasteiger partial charge in [0.25, 0.3) is 0 Å². The molecule has 75 heavy (non-hydrogen) atoms. The number of benzene rings is 11. The summed E-state index contributed by atoms with van der Waals surface area (Å²) in [6.07, 6.45) is 0. The highest BCUT2D eigenvalue weighted by Crippen LogP contribution is 2.59. The maximum Gasteiger partial charge on any atom is 0.143 e. The van der Waals surface area contributed by atoms with Gasteiger partial charge in [0.1, 0.15) is 22.3 Å². The van der Waals surface area contributed by atoms with Crippen LogP contribution in [0.4, 0.5) is 17.1 Å². The average Bonchev–Trinajstić information content (AvgIpc) is 4.32. The molecular formula is C72H57NO2. The van der Waals surface area contributed by atoms with Crippen LogP contribution in [-0.4, -0.2) is 0 Å². The van der Waals surface area contributed by atoms with Gasteiger partial charge in [-0.25, -0.2) is 0 Å². The summed E-state index contributed by atoms with van der Waals surface area (Å²) in [5, 5.41) is 4.63. The molecule has 11 aromatic carbocycles. The van der Waals surface area contributed by atoms with Gasteiger partial charge in [0, 0.05) is 67.8 Å². The lowest BCUT2D eigenvalue weighted by Crippen LogP contribution is -2.18. The molecule has 13 aromatic rings. The molecule has 0 bridgehead atoms. The van der Waals surface area contributed by atoms with Crippen molar-refractivity contribution >= 4 is 60.9 Å². The Kier molecular flexibility index (Phi) is 8.90. The summed E-state index contributed by atoms with van der Waals surface area (Å²) in [4.78, 5) is 2.52. The highest BCUT2D eigenvalue weighted by molar-refractivity contribution is 6.20. The zero-order valence-corrected chi connectivity index (χ0v) is 42.3. The monoisotopic (exact) mass is 972 g/mol. The van der Waals surface area contributed by atoms with Crippen LogP contribution in [0.2, 0.25) is 0 Å². The summed E-state index contributed by atoms with van der Waals surface area (Å²) < 4.78 is 33.7. The van der Waals surface area contributed by atoms with Crippen LogP contribution in [0.3, 0.4) is 0 Å². The molecule has 0 spiro atoms. The number of anilines is 3. The summed E-state index contributed by atoms with van der Waals surface area (Å²) in [6, 6.07) is 86.4. The Bertz CT molecular complexity index is 4250. The predicted octanol–water partition coefficient (Wildman–Crippen LogP) is 21.0. The fraction of sp³-hybridized carbons (Fsp3) is 0.0833. The second-order valence-electron chi connectivity index (χ2n) is 21.5. The molecule has 0 saturated heterocycles. The first kappa shape index (κ1) is 41.3.